The summed E-state index contributed by atoms with van der Waals surface area (Å²) in [6.07, 6.45) is 4.61. The number of aromatic nitrogens is 2. The first-order chi connectivity index (χ1) is 13.4. The number of nitrogens with zero attached hydrogens (tertiary/aromatic N) is 2. The van der Waals surface area contributed by atoms with Crippen molar-refractivity contribution < 1.29 is 9.59 Å². The van der Waals surface area contributed by atoms with Crippen molar-refractivity contribution in [2.45, 2.75) is 58.2 Å². The van der Waals surface area contributed by atoms with Crippen LogP contribution in [0.15, 0.2) is 34.7 Å². The maximum atomic E-state index is 12.6. The number of nitrogens with one attached hydrogen (secondary N) is 2. The summed E-state index contributed by atoms with van der Waals surface area (Å²) in [7, 11) is 0. The quantitative estimate of drug-likeness (QED) is 0.774. The fraction of sp³-hybridized carbons (Fsp3) is 0.500. The van der Waals surface area contributed by atoms with E-state index in [0.29, 0.717) is 0 Å². The monoisotopic (exact) mass is 402 g/mol. The Balaban J connectivity index is 1.44. The van der Waals surface area contributed by atoms with Crippen LogP contribution in [0.4, 0.5) is 0 Å². The number of amides is 2. The minimum atomic E-state index is -0.192. The fourth-order valence-electron chi connectivity index (χ4n) is 3.65. The van der Waals surface area contributed by atoms with E-state index < -0.39 is 0 Å². The number of carbonyl (C=O) groups is 2. The molecule has 0 aromatic carbocycles. The molecule has 150 valence electrons. The number of aryl methyl sites for hydroxylation is 1. The van der Waals surface area contributed by atoms with E-state index in [2.05, 4.69) is 15.6 Å². The Bertz CT molecular complexity index is 883. The van der Waals surface area contributed by atoms with Crippen molar-refractivity contribution >= 4 is 23.2 Å². The summed E-state index contributed by atoms with van der Waals surface area (Å²) in [5.74, 6) is -0.152. The van der Waals surface area contributed by atoms with Crippen molar-refractivity contribution in [3.63, 3.8) is 0 Å². The molecule has 1 saturated carbocycles. The van der Waals surface area contributed by atoms with Gasteiger partial charge in [0.1, 0.15) is 6.54 Å². The molecule has 0 saturated heterocycles. The molecule has 7 nitrogen and oxygen atoms in total. The van der Waals surface area contributed by atoms with E-state index >= 15 is 0 Å². The fourth-order valence-corrected chi connectivity index (χ4v) is 4.32. The zero-order chi connectivity index (χ0) is 20.1. The maximum Gasteiger partial charge on any atom is 0.250 e. The zero-order valence-electron chi connectivity index (χ0n) is 16.2. The Hall–Kier alpha value is -2.48. The smallest absolute Gasteiger partial charge is 0.250 e. The van der Waals surface area contributed by atoms with Crippen LogP contribution in [0.5, 0.6) is 0 Å². The average Bonchev–Trinajstić information content (AvgIpc) is 3.10. The lowest BCUT2D eigenvalue weighted by Crippen LogP contribution is -2.43. The van der Waals surface area contributed by atoms with Gasteiger partial charge in [0.2, 0.25) is 11.8 Å². The topological polar surface area (TPSA) is 93.1 Å². The van der Waals surface area contributed by atoms with Crippen LogP contribution >= 0.6 is 11.3 Å². The second kappa shape index (κ2) is 9.14. The molecule has 2 N–H and O–H groups in total. The second-order valence-corrected chi connectivity index (χ2v) is 8.37. The van der Waals surface area contributed by atoms with Crippen molar-refractivity contribution in [2.75, 3.05) is 0 Å². The van der Waals surface area contributed by atoms with Crippen molar-refractivity contribution in [1.29, 1.82) is 0 Å². The summed E-state index contributed by atoms with van der Waals surface area (Å²) < 4.78 is 1.39. The van der Waals surface area contributed by atoms with Gasteiger partial charge in [0.15, 0.2) is 0 Å². The molecule has 8 heteroatoms. The highest BCUT2D eigenvalue weighted by atomic mass is 32.1. The summed E-state index contributed by atoms with van der Waals surface area (Å²) in [6.45, 7) is 3.98. The highest BCUT2D eigenvalue weighted by molar-refractivity contribution is 7.09. The third-order valence-corrected chi connectivity index (χ3v) is 6.00. The number of rotatable bonds is 6. The van der Waals surface area contributed by atoms with Gasteiger partial charge in [-0.1, -0.05) is 6.07 Å². The van der Waals surface area contributed by atoms with Crippen LogP contribution in [0.2, 0.25) is 0 Å². The molecule has 0 radical (unpaired) electrons. The molecule has 0 aliphatic heterocycles. The molecule has 3 rings (SSSR count). The van der Waals surface area contributed by atoms with E-state index in [-0.39, 0.29) is 41.9 Å². The standard InChI is InChI=1S/C20H26N4O3S/c1-13(19-14(2)28-12-21-19)22-20(27)15-6-8-16(9-7-15)23-17(25)11-24-10-4-3-5-18(24)26/h3-5,10,12-13,15-16H,6-9,11H2,1-2H3,(H,22,27)(H,23,25). The average molecular weight is 403 g/mol. The summed E-state index contributed by atoms with van der Waals surface area (Å²) in [6, 6.07) is 4.77. The first kappa shape index (κ1) is 20.3. The lowest BCUT2D eigenvalue weighted by molar-refractivity contribution is -0.126. The van der Waals surface area contributed by atoms with Crippen molar-refractivity contribution in [3.8, 4) is 0 Å². The van der Waals surface area contributed by atoms with Crippen molar-refractivity contribution in [3.05, 3.63) is 50.8 Å². The van der Waals surface area contributed by atoms with Crippen LogP contribution in [0.25, 0.3) is 0 Å². The van der Waals surface area contributed by atoms with Crippen LogP contribution in [-0.4, -0.2) is 27.4 Å². The van der Waals surface area contributed by atoms with E-state index in [1.165, 1.54) is 10.6 Å². The SMILES string of the molecule is Cc1scnc1C(C)NC(=O)C1CCC(NC(=O)Cn2ccccc2=O)CC1. The summed E-state index contributed by atoms with van der Waals surface area (Å²) in [4.78, 5) is 41.9. The molecule has 2 amide bonds. The number of hydrogen-bond acceptors (Lipinski definition) is 5. The predicted molar refractivity (Wildman–Crippen MR) is 108 cm³/mol. The minimum Gasteiger partial charge on any atom is -0.352 e. The Labute approximate surface area is 168 Å². The van der Waals surface area contributed by atoms with Gasteiger partial charge in [-0.15, -0.1) is 11.3 Å². The molecule has 1 fully saturated rings. The zero-order valence-corrected chi connectivity index (χ0v) is 17.0. The van der Waals surface area contributed by atoms with Gasteiger partial charge in [0.25, 0.3) is 5.56 Å². The molecule has 2 heterocycles. The molecule has 1 unspecified atom stereocenters. The predicted octanol–water partition coefficient (Wildman–Crippen LogP) is 2.17. The highest BCUT2D eigenvalue weighted by Gasteiger charge is 2.28. The molecular weight excluding hydrogens is 376 g/mol. The number of pyridine rings is 1. The number of thiazole rings is 1. The van der Waals surface area contributed by atoms with Gasteiger partial charge in [-0.05, 0) is 45.6 Å². The van der Waals surface area contributed by atoms with Crippen molar-refractivity contribution in [2.24, 2.45) is 5.92 Å². The van der Waals surface area contributed by atoms with E-state index in [1.54, 1.807) is 35.2 Å². The Morgan fingerprint density at radius 2 is 2.04 bits per heavy atom. The van der Waals surface area contributed by atoms with Crippen LogP contribution in [0.3, 0.4) is 0 Å². The Morgan fingerprint density at radius 1 is 1.29 bits per heavy atom. The van der Waals surface area contributed by atoms with Crippen LogP contribution in [0.1, 0.15) is 49.2 Å². The maximum absolute atomic E-state index is 12.6. The van der Waals surface area contributed by atoms with Crippen LogP contribution in [0, 0.1) is 12.8 Å². The van der Waals surface area contributed by atoms with E-state index in [1.807, 2.05) is 13.8 Å². The van der Waals surface area contributed by atoms with Crippen molar-refractivity contribution in [1.82, 2.24) is 20.2 Å². The number of carbonyl (C=O) groups excluding carboxylic acids is 2. The molecule has 1 aliphatic carbocycles. The number of hydrogen-bond donors (Lipinski definition) is 2. The molecule has 2 aromatic heterocycles. The van der Waals surface area contributed by atoms with Gasteiger partial charge >= 0.3 is 0 Å². The third-order valence-electron chi connectivity index (χ3n) is 5.23. The normalized spacial score (nSPS) is 20.4. The van der Waals surface area contributed by atoms with E-state index in [9.17, 15) is 14.4 Å². The first-order valence-electron chi connectivity index (χ1n) is 9.59. The van der Waals surface area contributed by atoms with E-state index in [4.69, 9.17) is 0 Å². The Morgan fingerprint density at radius 3 is 2.68 bits per heavy atom. The van der Waals surface area contributed by atoms with Gasteiger partial charge in [-0.25, -0.2) is 4.98 Å². The van der Waals surface area contributed by atoms with Crippen LogP contribution < -0.4 is 16.2 Å². The summed E-state index contributed by atoms with van der Waals surface area (Å²) in [5.41, 5.74) is 2.53. The summed E-state index contributed by atoms with van der Waals surface area (Å²) >= 11 is 1.58. The lowest BCUT2D eigenvalue weighted by atomic mass is 9.85. The molecule has 2 aromatic rings. The third kappa shape index (κ3) is 5.07. The highest BCUT2D eigenvalue weighted by Crippen LogP contribution is 2.26. The minimum absolute atomic E-state index is 0.0184. The van der Waals surface area contributed by atoms with Gasteiger partial charge < -0.3 is 15.2 Å². The molecule has 1 aliphatic rings. The molecule has 28 heavy (non-hydrogen) atoms. The second-order valence-electron chi connectivity index (χ2n) is 7.31. The van der Waals surface area contributed by atoms with E-state index in [0.717, 1.165) is 36.3 Å². The first-order valence-corrected chi connectivity index (χ1v) is 10.5. The summed E-state index contributed by atoms with van der Waals surface area (Å²) in [5, 5.41) is 6.05. The lowest BCUT2D eigenvalue weighted by Gasteiger charge is -2.29. The van der Waals surface area contributed by atoms with Gasteiger partial charge in [0.05, 0.1) is 17.2 Å². The van der Waals surface area contributed by atoms with Gasteiger partial charge in [0, 0.05) is 29.1 Å². The molecule has 0 spiro atoms. The molecule has 1 atom stereocenters. The van der Waals surface area contributed by atoms with Gasteiger partial charge in [-0.3, -0.25) is 14.4 Å². The Kier molecular flexibility index (Phi) is 6.61. The van der Waals surface area contributed by atoms with Crippen LogP contribution in [-0.2, 0) is 16.1 Å². The molecule has 0 bridgehead atoms. The van der Waals surface area contributed by atoms with Gasteiger partial charge in [-0.2, -0.15) is 0 Å². The largest absolute Gasteiger partial charge is 0.352 e. The molecular formula is C20H26N4O3S.